The third kappa shape index (κ3) is 2.20. The van der Waals surface area contributed by atoms with Gasteiger partial charge in [0.2, 0.25) is 5.89 Å². The van der Waals surface area contributed by atoms with Crippen molar-refractivity contribution in [3.05, 3.63) is 29.4 Å². The Bertz CT molecular complexity index is 627. The average Bonchev–Trinajstić information content (AvgIpc) is 2.97. The van der Waals surface area contributed by atoms with Crippen LogP contribution in [-0.2, 0) is 13.0 Å². The SMILES string of the molecule is CCCc1noc(Cn2cnc(C#N)c2C#N)n1. The molecule has 0 spiro atoms. The number of nitrogens with zero attached hydrogens (tertiary/aromatic N) is 6. The fourth-order valence-corrected chi connectivity index (χ4v) is 1.53. The number of nitriles is 2. The lowest BCUT2D eigenvalue weighted by molar-refractivity contribution is 0.365. The van der Waals surface area contributed by atoms with Crippen LogP contribution in [0.15, 0.2) is 10.9 Å². The third-order valence-electron chi connectivity index (χ3n) is 2.34. The number of hydrogen-bond donors (Lipinski definition) is 0. The van der Waals surface area contributed by atoms with Crippen molar-refractivity contribution in [2.24, 2.45) is 0 Å². The molecule has 0 saturated carbocycles. The molecule has 7 heteroatoms. The van der Waals surface area contributed by atoms with Crippen LogP contribution in [0.25, 0.3) is 0 Å². The summed E-state index contributed by atoms with van der Waals surface area (Å²) in [6.45, 7) is 2.27. The van der Waals surface area contributed by atoms with Gasteiger partial charge in [-0.25, -0.2) is 4.98 Å². The lowest BCUT2D eigenvalue weighted by Gasteiger charge is -1.97. The van der Waals surface area contributed by atoms with Crippen LogP contribution in [-0.4, -0.2) is 19.7 Å². The zero-order valence-electron chi connectivity index (χ0n) is 9.79. The molecule has 0 radical (unpaired) electrons. The van der Waals surface area contributed by atoms with E-state index >= 15 is 0 Å². The first-order valence-electron chi connectivity index (χ1n) is 5.45. The summed E-state index contributed by atoms with van der Waals surface area (Å²) in [4.78, 5) is 8.02. The van der Waals surface area contributed by atoms with Gasteiger partial charge >= 0.3 is 0 Å². The van der Waals surface area contributed by atoms with E-state index in [0.29, 0.717) is 11.7 Å². The van der Waals surface area contributed by atoms with Crippen LogP contribution in [0.1, 0.15) is 36.4 Å². The van der Waals surface area contributed by atoms with Crippen LogP contribution in [0.2, 0.25) is 0 Å². The largest absolute Gasteiger partial charge is 0.337 e. The molecule has 0 amide bonds. The minimum absolute atomic E-state index is 0.103. The monoisotopic (exact) mass is 242 g/mol. The molecule has 0 atom stereocenters. The zero-order valence-corrected chi connectivity index (χ0v) is 9.79. The molecule has 0 unspecified atom stereocenters. The van der Waals surface area contributed by atoms with Gasteiger partial charge in [-0.15, -0.1) is 0 Å². The maximum absolute atomic E-state index is 8.96. The van der Waals surface area contributed by atoms with Crippen LogP contribution < -0.4 is 0 Å². The topological polar surface area (TPSA) is 104 Å². The minimum atomic E-state index is 0.103. The number of hydrogen-bond acceptors (Lipinski definition) is 6. The Kier molecular flexibility index (Phi) is 3.35. The van der Waals surface area contributed by atoms with Crippen molar-refractivity contribution in [2.45, 2.75) is 26.3 Å². The molecule has 90 valence electrons. The standard InChI is InChI=1S/C11H10N6O/c1-2-3-10-15-11(18-16-10)6-17-7-14-8(4-12)9(17)5-13/h7H,2-3,6H2,1H3. The highest BCUT2D eigenvalue weighted by atomic mass is 16.5. The van der Waals surface area contributed by atoms with Gasteiger partial charge in [-0.2, -0.15) is 15.5 Å². The molecular formula is C11H10N6O. The Balaban J connectivity index is 2.21. The summed E-state index contributed by atoms with van der Waals surface area (Å²) >= 11 is 0. The van der Waals surface area contributed by atoms with Crippen LogP contribution in [0.4, 0.5) is 0 Å². The van der Waals surface area contributed by atoms with E-state index in [1.807, 2.05) is 19.1 Å². The van der Waals surface area contributed by atoms with E-state index in [0.717, 1.165) is 12.8 Å². The van der Waals surface area contributed by atoms with Gasteiger partial charge in [0.1, 0.15) is 18.7 Å². The predicted octanol–water partition coefficient (Wildman–Crippen LogP) is 1.01. The summed E-state index contributed by atoms with van der Waals surface area (Å²) in [5.41, 5.74) is 0.304. The third-order valence-corrected chi connectivity index (χ3v) is 2.34. The van der Waals surface area contributed by atoms with Crippen molar-refractivity contribution >= 4 is 0 Å². The van der Waals surface area contributed by atoms with E-state index in [2.05, 4.69) is 15.1 Å². The second-order valence-corrected chi connectivity index (χ2v) is 3.65. The quantitative estimate of drug-likeness (QED) is 0.792. The lowest BCUT2D eigenvalue weighted by atomic mass is 10.3. The van der Waals surface area contributed by atoms with Crippen molar-refractivity contribution in [2.75, 3.05) is 0 Å². The normalized spacial score (nSPS) is 9.94. The maximum atomic E-state index is 8.96. The summed E-state index contributed by atoms with van der Waals surface area (Å²) in [5.74, 6) is 1.04. The highest BCUT2D eigenvalue weighted by molar-refractivity contribution is 5.36. The molecular weight excluding hydrogens is 232 g/mol. The van der Waals surface area contributed by atoms with Gasteiger partial charge in [0.25, 0.3) is 0 Å². The second-order valence-electron chi connectivity index (χ2n) is 3.65. The second kappa shape index (κ2) is 5.11. The molecule has 0 aromatic carbocycles. The molecule has 2 aromatic heterocycles. The van der Waals surface area contributed by atoms with E-state index in [1.165, 1.54) is 10.9 Å². The smallest absolute Gasteiger partial charge is 0.246 e. The molecule has 2 rings (SSSR count). The van der Waals surface area contributed by atoms with E-state index < -0.39 is 0 Å². The summed E-state index contributed by atoms with van der Waals surface area (Å²) in [6.07, 6.45) is 3.11. The fraction of sp³-hybridized carbons (Fsp3) is 0.364. The first-order chi connectivity index (χ1) is 8.78. The average molecular weight is 242 g/mol. The fourth-order valence-electron chi connectivity index (χ4n) is 1.53. The Hall–Kier alpha value is -2.67. The van der Waals surface area contributed by atoms with Crippen LogP contribution in [0.5, 0.6) is 0 Å². The van der Waals surface area contributed by atoms with E-state index in [4.69, 9.17) is 15.0 Å². The van der Waals surface area contributed by atoms with Crippen LogP contribution in [0, 0.1) is 22.7 Å². The molecule has 0 N–H and O–H groups in total. The van der Waals surface area contributed by atoms with Crippen molar-refractivity contribution in [3.8, 4) is 12.1 Å². The molecule has 18 heavy (non-hydrogen) atoms. The first-order valence-corrected chi connectivity index (χ1v) is 5.45. The maximum Gasteiger partial charge on any atom is 0.246 e. The summed E-state index contributed by atoms with van der Waals surface area (Å²) < 4.78 is 6.58. The lowest BCUT2D eigenvalue weighted by Crippen LogP contribution is -2.02. The Morgan fingerprint density at radius 1 is 1.39 bits per heavy atom. The molecule has 0 fully saturated rings. The Morgan fingerprint density at radius 2 is 2.22 bits per heavy atom. The molecule has 7 nitrogen and oxygen atoms in total. The molecule has 0 aliphatic rings. The van der Waals surface area contributed by atoms with Gasteiger partial charge in [0.15, 0.2) is 17.2 Å². The highest BCUT2D eigenvalue weighted by Gasteiger charge is 2.13. The van der Waals surface area contributed by atoms with Gasteiger partial charge in [-0.3, -0.25) is 0 Å². The van der Waals surface area contributed by atoms with Gasteiger partial charge in [-0.1, -0.05) is 12.1 Å². The zero-order chi connectivity index (χ0) is 13.0. The van der Waals surface area contributed by atoms with Gasteiger partial charge < -0.3 is 9.09 Å². The van der Waals surface area contributed by atoms with Crippen molar-refractivity contribution in [1.82, 2.24) is 19.7 Å². The molecule has 0 aliphatic carbocycles. The van der Waals surface area contributed by atoms with E-state index in [9.17, 15) is 0 Å². The molecule has 0 bridgehead atoms. The van der Waals surface area contributed by atoms with Crippen molar-refractivity contribution in [1.29, 1.82) is 10.5 Å². The van der Waals surface area contributed by atoms with E-state index in [-0.39, 0.29) is 17.9 Å². The summed E-state index contributed by atoms with van der Waals surface area (Å²) in [6, 6.07) is 3.79. The van der Waals surface area contributed by atoms with Gasteiger partial charge in [0, 0.05) is 6.42 Å². The van der Waals surface area contributed by atoms with Gasteiger partial charge in [0.05, 0.1) is 6.33 Å². The highest BCUT2D eigenvalue weighted by Crippen LogP contribution is 2.08. The summed E-state index contributed by atoms with van der Waals surface area (Å²) in [5, 5.41) is 21.5. The summed E-state index contributed by atoms with van der Waals surface area (Å²) in [7, 11) is 0. The van der Waals surface area contributed by atoms with Gasteiger partial charge in [-0.05, 0) is 6.42 Å². The van der Waals surface area contributed by atoms with Crippen molar-refractivity contribution in [3.63, 3.8) is 0 Å². The number of aryl methyl sites for hydroxylation is 1. The Labute approximate surface area is 103 Å². The Morgan fingerprint density at radius 3 is 2.89 bits per heavy atom. The van der Waals surface area contributed by atoms with Crippen molar-refractivity contribution < 1.29 is 4.52 Å². The number of imidazole rings is 1. The number of aromatic nitrogens is 4. The van der Waals surface area contributed by atoms with E-state index in [1.54, 1.807) is 0 Å². The minimum Gasteiger partial charge on any atom is -0.337 e. The molecule has 2 aromatic rings. The number of rotatable bonds is 4. The molecule has 2 heterocycles. The molecule has 0 saturated heterocycles. The molecule has 0 aliphatic heterocycles. The predicted molar refractivity (Wildman–Crippen MR) is 59.1 cm³/mol. The van der Waals surface area contributed by atoms with Crippen LogP contribution >= 0.6 is 0 Å². The van der Waals surface area contributed by atoms with Crippen LogP contribution in [0.3, 0.4) is 0 Å². The first kappa shape index (κ1) is 11.8.